The number of carboxylic acids is 1. The Labute approximate surface area is 115 Å². The minimum absolute atomic E-state index is 0.0499. The molecule has 0 radical (unpaired) electrons. The lowest BCUT2D eigenvalue weighted by Gasteiger charge is -2.08. The number of carboxylic acid groups (broad SMARTS) is 1. The van der Waals surface area contributed by atoms with Crippen molar-refractivity contribution in [2.45, 2.75) is 11.3 Å². The van der Waals surface area contributed by atoms with Crippen LogP contribution in [0.15, 0.2) is 59.5 Å². The molecule has 0 heterocycles. The SMILES string of the molecule is O=C(Cc1ccccc1)Sc1ccccc1C(=O)[O-]. The van der Waals surface area contributed by atoms with Gasteiger partial charge in [-0.25, -0.2) is 0 Å². The zero-order valence-electron chi connectivity index (χ0n) is 10.0. The van der Waals surface area contributed by atoms with Crippen molar-refractivity contribution in [3.63, 3.8) is 0 Å². The van der Waals surface area contributed by atoms with Crippen LogP contribution in [0.5, 0.6) is 0 Å². The largest absolute Gasteiger partial charge is 0.545 e. The second-order valence-corrected chi connectivity index (χ2v) is 5.02. The van der Waals surface area contributed by atoms with Gasteiger partial charge in [-0.15, -0.1) is 0 Å². The number of hydrogen-bond acceptors (Lipinski definition) is 4. The second kappa shape index (κ2) is 6.20. The van der Waals surface area contributed by atoms with Crippen molar-refractivity contribution in [1.29, 1.82) is 0 Å². The van der Waals surface area contributed by atoms with Crippen LogP contribution < -0.4 is 5.11 Å². The molecule has 0 amide bonds. The van der Waals surface area contributed by atoms with Gasteiger partial charge in [-0.3, -0.25) is 4.79 Å². The number of benzene rings is 2. The molecule has 2 aromatic rings. The van der Waals surface area contributed by atoms with Crippen molar-refractivity contribution >= 4 is 22.8 Å². The second-order valence-electron chi connectivity index (χ2n) is 3.92. The molecule has 4 heteroatoms. The molecule has 0 saturated carbocycles. The van der Waals surface area contributed by atoms with E-state index in [1.54, 1.807) is 18.2 Å². The summed E-state index contributed by atoms with van der Waals surface area (Å²) in [7, 11) is 0. The lowest BCUT2D eigenvalue weighted by atomic mass is 10.2. The van der Waals surface area contributed by atoms with Gasteiger partial charge in [0.2, 0.25) is 0 Å². The van der Waals surface area contributed by atoms with E-state index in [4.69, 9.17) is 0 Å². The fraction of sp³-hybridized carbons (Fsp3) is 0.0667. The molecule has 96 valence electrons. The summed E-state index contributed by atoms with van der Waals surface area (Å²) in [6.07, 6.45) is 0.271. The van der Waals surface area contributed by atoms with Crippen LogP contribution in [0.4, 0.5) is 0 Å². The van der Waals surface area contributed by atoms with Crippen LogP contribution in [-0.2, 0) is 11.2 Å². The maximum absolute atomic E-state index is 11.9. The first-order valence-electron chi connectivity index (χ1n) is 5.72. The molecule has 0 aromatic heterocycles. The highest BCUT2D eigenvalue weighted by Gasteiger charge is 2.10. The van der Waals surface area contributed by atoms with Gasteiger partial charge in [-0.1, -0.05) is 60.3 Å². The summed E-state index contributed by atoms with van der Waals surface area (Å²) in [6.45, 7) is 0. The molecule has 0 aliphatic rings. The summed E-state index contributed by atoms with van der Waals surface area (Å²) in [5.74, 6) is -1.27. The van der Waals surface area contributed by atoms with E-state index in [2.05, 4.69) is 0 Å². The number of hydrogen-bond donors (Lipinski definition) is 0. The van der Waals surface area contributed by atoms with E-state index in [0.29, 0.717) is 4.90 Å². The van der Waals surface area contributed by atoms with Gasteiger partial charge in [0.15, 0.2) is 5.12 Å². The predicted octanol–water partition coefficient (Wildman–Crippen LogP) is 1.91. The van der Waals surface area contributed by atoms with E-state index >= 15 is 0 Å². The van der Waals surface area contributed by atoms with Crippen molar-refractivity contribution in [2.24, 2.45) is 0 Å². The highest BCUT2D eigenvalue weighted by molar-refractivity contribution is 8.13. The van der Waals surface area contributed by atoms with Crippen molar-refractivity contribution in [2.75, 3.05) is 0 Å². The third kappa shape index (κ3) is 3.69. The molecule has 0 unspecified atom stereocenters. The standard InChI is InChI=1S/C15H12O3S/c16-14(10-11-6-2-1-3-7-11)19-13-9-5-4-8-12(13)15(17)18/h1-9H,10H2,(H,17,18)/p-1. The zero-order chi connectivity index (χ0) is 13.7. The van der Waals surface area contributed by atoms with E-state index in [9.17, 15) is 14.7 Å². The number of carbonyl (C=O) groups is 2. The maximum atomic E-state index is 11.9. The summed E-state index contributed by atoms with van der Waals surface area (Å²) < 4.78 is 0. The molecule has 0 bridgehead atoms. The van der Waals surface area contributed by atoms with Crippen LogP contribution in [0.1, 0.15) is 15.9 Å². The van der Waals surface area contributed by atoms with Crippen molar-refractivity contribution in [3.8, 4) is 0 Å². The fourth-order valence-corrected chi connectivity index (χ4v) is 2.54. The first-order valence-corrected chi connectivity index (χ1v) is 6.53. The first kappa shape index (κ1) is 13.4. The molecule has 0 aliphatic carbocycles. The number of carbonyl (C=O) groups excluding carboxylic acids is 2. The topological polar surface area (TPSA) is 57.2 Å². The van der Waals surface area contributed by atoms with Crippen LogP contribution in [-0.4, -0.2) is 11.1 Å². The minimum atomic E-state index is -1.27. The van der Waals surface area contributed by atoms with Gasteiger partial charge in [0.05, 0.1) is 5.97 Å². The molecule has 0 aliphatic heterocycles. The first-order chi connectivity index (χ1) is 9.16. The predicted molar refractivity (Wildman–Crippen MR) is 71.8 cm³/mol. The van der Waals surface area contributed by atoms with Gasteiger partial charge in [0.25, 0.3) is 0 Å². The van der Waals surface area contributed by atoms with Crippen LogP contribution in [0.25, 0.3) is 0 Å². The van der Waals surface area contributed by atoms with Crippen LogP contribution in [0.3, 0.4) is 0 Å². The Hall–Kier alpha value is -2.07. The van der Waals surface area contributed by atoms with Gasteiger partial charge in [-0.2, -0.15) is 0 Å². The Balaban J connectivity index is 2.09. The quantitative estimate of drug-likeness (QED) is 0.797. The van der Waals surface area contributed by atoms with E-state index in [1.165, 1.54) is 6.07 Å². The molecule has 0 saturated heterocycles. The molecule has 19 heavy (non-hydrogen) atoms. The highest BCUT2D eigenvalue weighted by atomic mass is 32.2. The fourth-order valence-electron chi connectivity index (χ4n) is 1.65. The van der Waals surface area contributed by atoms with E-state index < -0.39 is 5.97 Å². The van der Waals surface area contributed by atoms with Gasteiger partial charge < -0.3 is 9.90 Å². The number of thioether (sulfide) groups is 1. The Kier molecular flexibility index (Phi) is 4.36. The van der Waals surface area contributed by atoms with Gasteiger partial charge in [-0.05, 0) is 11.6 Å². The number of aromatic carboxylic acids is 1. The van der Waals surface area contributed by atoms with Crippen molar-refractivity contribution in [3.05, 3.63) is 65.7 Å². The molecule has 0 atom stereocenters. The maximum Gasteiger partial charge on any atom is 0.198 e. The molecule has 3 nitrogen and oxygen atoms in total. The van der Waals surface area contributed by atoms with Crippen molar-refractivity contribution in [1.82, 2.24) is 0 Å². The third-order valence-corrected chi connectivity index (χ3v) is 3.47. The third-order valence-electron chi connectivity index (χ3n) is 2.52. The molecule has 0 fully saturated rings. The summed E-state index contributed by atoms with van der Waals surface area (Å²) in [6, 6.07) is 15.7. The Morgan fingerprint density at radius 2 is 1.58 bits per heavy atom. The van der Waals surface area contributed by atoms with Gasteiger partial charge in [0.1, 0.15) is 0 Å². The summed E-state index contributed by atoms with van der Waals surface area (Å²) in [4.78, 5) is 23.3. The van der Waals surface area contributed by atoms with Gasteiger partial charge >= 0.3 is 0 Å². The summed E-state index contributed by atoms with van der Waals surface area (Å²) >= 11 is 0.934. The lowest BCUT2D eigenvalue weighted by Crippen LogP contribution is -2.23. The van der Waals surface area contributed by atoms with Crippen LogP contribution >= 0.6 is 11.8 Å². The zero-order valence-corrected chi connectivity index (χ0v) is 10.9. The molecule has 2 aromatic carbocycles. The van der Waals surface area contributed by atoms with Crippen molar-refractivity contribution < 1.29 is 14.7 Å². The van der Waals surface area contributed by atoms with E-state index in [0.717, 1.165) is 17.3 Å². The van der Waals surface area contributed by atoms with Crippen LogP contribution in [0, 0.1) is 0 Å². The molecule has 0 N–H and O–H groups in total. The molecule has 0 spiro atoms. The minimum Gasteiger partial charge on any atom is -0.545 e. The normalized spacial score (nSPS) is 10.1. The summed E-state index contributed by atoms with van der Waals surface area (Å²) in [5.41, 5.74) is 0.958. The number of rotatable bonds is 4. The highest BCUT2D eigenvalue weighted by Crippen LogP contribution is 2.24. The molecule has 2 rings (SSSR count). The lowest BCUT2D eigenvalue weighted by molar-refractivity contribution is -0.255. The average Bonchev–Trinajstić information content (AvgIpc) is 2.40. The molecular weight excluding hydrogens is 260 g/mol. The Bertz CT molecular complexity index is 593. The summed E-state index contributed by atoms with van der Waals surface area (Å²) in [5, 5.41) is 10.8. The van der Waals surface area contributed by atoms with Crippen LogP contribution in [0.2, 0.25) is 0 Å². The van der Waals surface area contributed by atoms with E-state index in [1.807, 2.05) is 30.3 Å². The molecular formula is C15H11O3S-. The Morgan fingerprint density at radius 3 is 2.26 bits per heavy atom. The smallest absolute Gasteiger partial charge is 0.198 e. The average molecular weight is 271 g/mol. The van der Waals surface area contributed by atoms with E-state index in [-0.39, 0.29) is 17.1 Å². The van der Waals surface area contributed by atoms with Gasteiger partial charge in [0, 0.05) is 16.9 Å². The monoisotopic (exact) mass is 271 g/mol. The Morgan fingerprint density at radius 1 is 0.947 bits per heavy atom.